The van der Waals surface area contributed by atoms with Crippen LogP contribution in [0, 0.1) is 23.2 Å². The summed E-state index contributed by atoms with van der Waals surface area (Å²) in [5.74, 6) is 1.20. The molecule has 6 rings (SSSR count). The van der Waals surface area contributed by atoms with Gasteiger partial charge in [0.25, 0.3) is 0 Å². The van der Waals surface area contributed by atoms with Crippen LogP contribution in [-0.4, -0.2) is 46.4 Å². The van der Waals surface area contributed by atoms with Gasteiger partial charge in [-0.3, -0.25) is 4.79 Å². The number of hydrogen-bond acceptors (Lipinski definition) is 3. The highest BCUT2D eigenvalue weighted by atomic mass is 19.1. The van der Waals surface area contributed by atoms with Crippen LogP contribution in [0.2, 0.25) is 0 Å². The van der Waals surface area contributed by atoms with Gasteiger partial charge < -0.3 is 15.1 Å². The van der Waals surface area contributed by atoms with Crippen molar-refractivity contribution in [1.29, 1.82) is 0 Å². The minimum Gasteiger partial charge on any atom is -0.508 e. The second-order valence-electron chi connectivity index (χ2n) is 15.4. The third-order valence-corrected chi connectivity index (χ3v) is 12.3. The highest BCUT2D eigenvalue weighted by Crippen LogP contribution is 2.63. The molecular formula is C43H56FNO3. The maximum Gasteiger partial charge on any atom is 0.226 e. The van der Waals surface area contributed by atoms with Crippen LogP contribution in [0.3, 0.4) is 0 Å². The summed E-state index contributed by atoms with van der Waals surface area (Å²) >= 11 is 0. The summed E-state index contributed by atoms with van der Waals surface area (Å²) in [5.41, 5.74) is 5.23. The molecule has 3 unspecified atom stereocenters. The first-order chi connectivity index (χ1) is 23.3. The van der Waals surface area contributed by atoms with Crippen molar-refractivity contribution in [3.8, 4) is 16.9 Å². The molecule has 0 spiro atoms. The number of amides is 1. The number of carbonyl (C=O) groups is 1. The quantitative estimate of drug-likeness (QED) is 0.170. The van der Waals surface area contributed by atoms with E-state index in [1.165, 1.54) is 18.4 Å². The first kappa shape index (κ1) is 34.7. The molecule has 0 aromatic heterocycles. The first-order valence-corrected chi connectivity index (χ1v) is 18.8. The minimum absolute atomic E-state index is 0.152. The topological polar surface area (TPSA) is 60.8 Å². The number of alkyl halides is 1. The van der Waals surface area contributed by atoms with Crippen molar-refractivity contribution in [3.63, 3.8) is 0 Å². The van der Waals surface area contributed by atoms with E-state index in [9.17, 15) is 15.0 Å². The van der Waals surface area contributed by atoms with Gasteiger partial charge in [-0.25, -0.2) is 4.39 Å². The van der Waals surface area contributed by atoms with Crippen molar-refractivity contribution in [1.82, 2.24) is 4.90 Å². The number of aliphatic hydroxyl groups is 1. The maximum absolute atomic E-state index is 16.1. The van der Waals surface area contributed by atoms with Gasteiger partial charge in [0.1, 0.15) is 11.9 Å². The Morgan fingerprint density at radius 3 is 2.33 bits per heavy atom. The fourth-order valence-corrected chi connectivity index (χ4v) is 9.74. The monoisotopic (exact) mass is 653 g/mol. The first-order valence-electron chi connectivity index (χ1n) is 18.8. The molecule has 48 heavy (non-hydrogen) atoms. The van der Waals surface area contributed by atoms with Crippen molar-refractivity contribution in [2.24, 2.45) is 23.2 Å². The van der Waals surface area contributed by atoms with Crippen molar-refractivity contribution >= 4 is 5.91 Å². The number of fused-ring (bicyclic) bond motifs is 5. The van der Waals surface area contributed by atoms with Crippen LogP contribution < -0.4 is 0 Å². The Balaban J connectivity index is 1.07. The molecule has 2 saturated carbocycles. The van der Waals surface area contributed by atoms with Gasteiger partial charge in [-0.1, -0.05) is 107 Å². The number of halogens is 1. The summed E-state index contributed by atoms with van der Waals surface area (Å²) in [4.78, 5) is 15.7. The molecule has 0 saturated heterocycles. The number of benzene rings is 3. The molecule has 4 nitrogen and oxygen atoms in total. The minimum atomic E-state index is -0.975. The van der Waals surface area contributed by atoms with E-state index < -0.39 is 12.3 Å². The Bertz CT molecular complexity index is 1490. The standard InChI is InChI=1S/C43H56FNO3/c1-3-4-5-11-24-45(40(48)26-30-16-18-32(19-17-30)31-13-8-6-9-14-31)25-12-7-10-15-33-27-34-28-35(46)20-21-36(34)42-38(44)29-43(2)37(41(33)42)22-23-39(43)47/h6,8-9,13-14,16-21,28,33,37-39,41-42,46-47H,3-5,7,10-12,15,22-27,29H2,1-2H3/t33-,37?,38+,39+,41?,42?,43+/m1/s1. The van der Waals surface area contributed by atoms with E-state index in [0.29, 0.717) is 24.7 Å². The van der Waals surface area contributed by atoms with Crippen LogP contribution in [0.1, 0.15) is 107 Å². The molecule has 1 amide bonds. The Morgan fingerprint density at radius 2 is 1.60 bits per heavy atom. The smallest absolute Gasteiger partial charge is 0.226 e. The predicted molar refractivity (Wildman–Crippen MR) is 193 cm³/mol. The zero-order valence-electron chi connectivity index (χ0n) is 29.1. The van der Waals surface area contributed by atoms with Gasteiger partial charge in [0.2, 0.25) is 5.91 Å². The molecule has 2 N–H and O–H groups in total. The van der Waals surface area contributed by atoms with E-state index in [1.54, 1.807) is 6.07 Å². The van der Waals surface area contributed by atoms with E-state index in [0.717, 1.165) is 93.1 Å². The lowest BCUT2D eigenvalue weighted by Gasteiger charge is -2.54. The van der Waals surface area contributed by atoms with Crippen LogP contribution in [0.25, 0.3) is 11.1 Å². The van der Waals surface area contributed by atoms with Crippen LogP contribution in [0.5, 0.6) is 5.75 Å². The average molecular weight is 654 g/mol. The second kappa shape index (κ2) is 15.6. The summed E-state index contributed by atoms with van der Waals surface area (Å²) in [6.45, 7) is 5.94. The van der Waals surface area contributed by atoms with Crippen molar-refractivity contribution in [2.75, 3.05) is 13.1 Å². The molecule has 2 fully saturated rings. The van der Waals surface area contributed by atoms with Crippen LogP contribution in [0.15, 0.2) is 72.8 Å². The van der Waals surface area contributed by atoms with Crippen LogP contribution in [0.4, 0.5) is 4.39 Å². The molecule has 0 aliphatic heterocycles. The number of phenols is 1. The maximum atomic E-state index is 16.1. The molecular weight excluding hydrogens is 597 g/mol. The molecule has 0 radical (unpaired) electrons. The fraction of sp³-hybridized carbons (Fsp3) is 0.558. The van der Waals surface area contributed by atoms with Crippen LogP contribution in [-0.2, 0) is 17.6 Å². The third kappa shape index (κ3) is 7.52. The molecule has 258 valence electrons. The van der Waals surface area contributed by atoms with Gasteiger partial charge >= 0.3 is 0 Å². The number of aromatic hydroxyl groups is 1. The summed E-state index contributed by atoms with van der Waals surface area (Å²) < 4.78 is 16.1. The zero-order valence-corrected chi connectivity index (χ0v) is 29.1. The fourth-order valence-electron chi connectivity index (χ4n) is 9.74. The lowest BCUT2D eigenvalue weighted by Crippen LogP contribution is -2.51. The van der Waals surface area contributed by atoms with Crippen molar-refractivity contribution in [2.45, 2.75) is 116 Å². The summed E-state index contributed by atoms with van der Waals surface area (Å²) in [6.07, 6.45) is 10.7. The van der Waals surface area contributed by atoms with Gasteiger partial charge in [0.05, 0.1) is 12.5 Å². The molecule has 0 heterocycles. The molecule has 3 aliphatic carbocycles. The van der Waals surface area contributed by atoms with Gasteiger partial charge in [-0.15, -0.1) is 0 Å². The number of aliphatic hydroxyl groups excluding tert-OH is 1. The molecule has 0 bridgehead atoms. The van der Waals surface area contributed by atoms with E-state index >= 15 is 4.39 Å². The highest BCUT2D eigenvalue weighted by molar-refractivity contribution is 5.79. The van der Waals surface area contributed by atoms with Gasteiger partial charge in [-0.05, 0) is 108 Å². The normalized spacial score (nSPS) is 27.6. The Hall–Kier alpha value is -3.18. The lowest BCUT2D eigenvalue weighted by molar-refractivity contribution is -0.130. The number of unbranched alkanes of at least 4 members (excludes halogenated alkanes) is 5. The number of phenolic OH excluding ortho intramolecular Hbond substituents is 1. The van der Waals surface area contributed by atoms with E-state index in [4.69, 9.17) is 0 Å². The third-order valence-electron chi connectivity index (χ3n) is 12.3. The number of hydrogen-bond donors (Lipinski definition) is 2. The van der Waals surface area contributed by atoms with Gasteiger partial charge in [0, 0.05) is 19.0 Å². The number of carbonyl (C=O) groups excluding carboxylic acids is 1. The molecule has 3 aliphatic rings. The largest absolute Gasteiger partial charge is 0.508 e. The molecule has 5 heteroatoms. The van der Waals surface area contributed by atoms with Gasteiger partial charge in [-0.2, -0.15) is 0 Å². The Labute approximate surface area is 287 Å². The Kier molecular flexibility index (Phi) is 11.3. The molecule has 3 aromatic carbocycles. The zero-order chi connectivity index (χ0) is 33.7. The summed E-state index contributed by atoms with van der Waals surface area (Å²) in [5, 5.41) is 21.3. The Morgan fingerprint density at radius 1 is 0.896 bits per heavy atom. The SMILES string of the molecule is CCCCCCN(CCCCC[C@@H]1Cc2cc(O)ccc2C2C1C1CC[C@H](O)[C@@]1(C)C[C@@H]2F)C(=O)Cc1ccc(-c2ccccc2)cc1. The predicted octanol–water partition coefficient (Wildman–Crippen LogP) is 9.66. The van der Waals surface area contributed by atoms with E-state index in [-0.39, 0.29) is 28.9 Å². The van der Waals surface area contributed by atoms with E-state index in [1.807, 2.05) is 30.3 Å². The molecule has 3 aromatic rings. The number of nitrogens with zero attached hydrogens (tertiary/aromatic N) is 1. The van der Waals surface area contributed by atoms with E-state index in [2.05, 4.69) is 55.1 Å². The lowest BCUT2D eigenvalue weighted by atomic mass is 9.51. The molecule has 7 atom stereocenters. The average Bonchev–Trinajstić information content (AvgIpc) is 3.38. The second-order valence-corrected chi connectivity index (χ2v) is 15.4. The van der Waals surface area contributed by atoms with Crippen LogP contribution >= 0.6 is 0 Å². The summed E-state index contributed by atoms with van der Waals surface area (Å²) in [6, 6.07) is 24.3. The summed E-state index contributed by atoms with van der Waals surface area (Å²) in [7, 11) is 0. The van der Waals surface area contributed by atoms with Crippen molar-refractivity contribution in [3.05, 3.63) is 89.5 Å². The van der Waals surface area contributed by atoms with Crippen molar-refractivity contribution < 1.29 is 19.4 Å². The van der Waals surface area contributed by atoms with Gasteiger partial charge in [0.15, 0.2) is 0 Å². The highest BCUT2D eigenvalue weighted by Gasteiger charge is 2.59. The number of rotatable bonds is 14.